The molecule has 0 aliphatic rings. The molecule has 0 saturated heterocycles. The van der Waals surface area contributed by atoms with E-state index < -0.39 is 57.4 Å². The first-order valence-corrected chi connectivity index (χ1v) is 10.5. The SMILES string of the molecule is CCC(C)(CNC(=O)c1cc(O)c(O)c(O)c1)NCC(C)(C)NC(=O)c1cc(O)c(O)c(O)c1. The molecule has 0 aliphatic carbocycles. The van der Waals surface area contributed by atoms with E-state index in [2.05, 4.69) is 16.0 Å². The lowest BCUT2D eigenvalue weighted by Crippen LogP contribution is -2.58. The molecule has 0 spiro atoms. The molecular formula is C23H31N3O8. The van der Waals surface area contributed by atoms with Gasteiger partial charge in [-0.2, -0.15) is 0 Å². The highest BCUT2D eigenvalue weighted by atomic mass is 16.3. The smallest absolute Gasteiger partial charge is 0.252 e. The van der Waals surface area contributed by atoms with Gasteiger partial charge in [-0.15, -0.1) is 0 Å². The maximum atomic E-state index is 12.6. The van der Waals surface area contributed by atoms with Crippen molar-refractivity contribution in [3.05, 3.63) is 35.4 Å². The van der Waals surface area contributed by atoms with Crippen LogP contribution < -0.4 is 16.0 Å². The molecule has 0 bridgehead atoms. The number of hydrogen-bond donors (Lipinski definition) is 9. The van der Waals surface area contributed by atoms with Crippen LogP contribution in [0, 0.1) is 0 Å². The number of amides is 2. The summed E-state index contributed by atoms with van der Waals surface area (Å²) in [5.74, 6) is -5.03. The van der Waals surface area contributed by atoms with Crippen LogP contribution in [-0.2, 0) is 0 Å². The van der Waals surface area contributed by atoms with Crippen molar-refractivity contribution in [1.82, 2.24) is 16.0 Å². The number of aromatic hydroxyl groups is 6. The van der Waals surface area contributed by atoms with Crippen molar-refractivity contribution in [2.24, 2.45) is 0 Å². The third kappa shape index (κ3) is 6.35. The van der Waals surface area contributed by atoms with Crippen molar-refractivity contribution < 1.29 is 40.2 Å². The molecule has 0 aromatic heterocycles. The lowest BCUT2D eigenvalue weighted by atomic mass is 9.95. The van der Waals surface area contributed by atoms with Gasteiger partial charge < -0.3 is 46.6 Å². The third-order valence-electron chi connectivity index (χ3n) is 5.49. The number of benzene rings is 2. The molecule has 11 nitrogen and oxygen atoms in total. The zero-order valence-corrected chi connectivity index (χ0v) is 19.4. The molecule has 2 aromatic rings. The largest absolute Gasteiger partial charge is 0.504 e. The van der Waals surface area contributed by atoms with Crippen LogP contribution in [0.3, 0.4) is 0 Å². The molecule has 1 atom stereocenters. The summed E-state index contributed by atoms with van der Waals surface area (Å²) < 4.78 is 0. The number of nitrogens with one attached hydrogen (secondary N) is 3. The fraction of sp³-hybridized carbons (Fsp3) is 0.391. The highest BCUT2D eigenvalue weighted by molar-refractivity contribution is 5.96. The van der Waals surface area contributed by atoms with E-state index >= 15 is 0 Å². The zero-order valence-electron chi connectivity index (χ0n) is 19.4. The van der Waals surface area contributed by atoms with Gasteiger partial charge in [-0.25, -0.2) is 0 Å². The summed E-state index contributed by atoms with van der Waals surface area (Å²) in [4.78, 5) is 25.0. The van der Waals surface area contributed by atoms with Gasteiger partial charge in [0, 0.05) is 35.3 Å². The summed E-state index contributed by atoms with van der Waals surface area (Å²) in [6.07, 6.45) is 0.600. The number of phenolic OH excluding ortho intramolecular Hbond substituents is 6. The lowest BCUT2D eigenvalue weighted by molar-refractivity contribution is 0.0906. The Kier molecular flexibility index (Phi) is 7.73. The van der Waals surface area contributed by atoms with Gasteiger partial charge in [-0.05, 0) is 51.5 Å². The van der Waals surface area contributed by atoms with Crippen LogP contribution in [0.25, 0.3) is 0 Å². The number of carbonyl (C=O) groups is 2. The Bertz CT molecular complexity index is 1040. The first-order chi connectivity index (χ1) is 15.7. The molecule has 0 fully saturated rings. The summed E-state index contributed by atoms with van der Waals surface area (Å²) in [7, 11) is 0. The molecule has 34 heavy (non-hydrogen) atoms. The molecule has 0 saturated carbocycles. The minimum Gasteiger partial charge on any atom is -0.504 e. The Hall–Kier alpha value is -3.86. The molecular weight excluding hydrogens is 446 g/mol. The van der Waals surface area contributed by atoms with Crippen LogP contribution >= 0.6 is 0 Å². The Labute approximate surface area is 196 Å². The summed E-state index contributed by atoms with van der Waals surface area (Å²) in [5.41, 5.74) is -1.44. The van der Waals surface area contributed by atoms with E-state index in [4.69, 9.17) is 0 Å². The number of phenols is 6. The summed E-state index contributed by atoms with van der Waals surface area (Å²) in [5, 5.41) is 66.1. The van der Waals surface area contributed by atoms with Crippen molar-refractivity contribution in [2.75, 3.05) is 13.1 Å². The molecule has 186 valence electrons. The van der Waals surface area contributed by atoms with E-state index in [0.29, 0.717) is 6.42 Å². The first kappa shape index (κ1) is 26.4. The molecule has 11 heteroatoms. The molecule has 0 aliphatic heterocycles. The van der Waals surface area contributed by atoms with Crippen LogP contribution in [0.1, 0.15) is 54.8 Å². The van der Waals surface area contributed by atoms with E-state index in [-0.39, 0.29) is 24.2 Å². The molecule has 2 rings (SSSR count). The average Bonchev–Trinajstić information content (AvgIpc) is 2.77. The average molecular weight is 478 g/mol. The van der Waals surface area contributed by atoms with E-state index in [9.17, 15) is 40.2 Å². The van der Waals surface area contributed by atoms with Gasteiger partial charge in [0.25, 0.3) is 11.8 Å². The van der Waals surface area contributed by atoms with Gasteiger partial charge in [0.15, 0.2) is 34.5 Å². The summed E-state index contributed by atoms with van der Waals surface area (Å²) in [6.45, 7) is 7.76. The number of carbonyl (C=O) groups excluding carboxylic acids is 2. The van der Waals surface area contributed by atoms with Gasteiger partial charge in [-0.1, -0.05) is 6.92 Å². The van der Waals surface area contributed by atoms with Crippen LogP contribution in [0.4, 0.5) is 0 Å². The summed E-state index contributed by atoms with van der Waals surface area (Å²) >= 11 is 0. The van der Waals surface area contributed by atoms with Crippen LogP contribution in [0.5, 0.6) is 34.5 Å². The van der Waals surface area contributed by atoms with E-state index in [0.717, 1.165) is 24.3 Å². The zero-order chi connectivity index (χ0) is 25.8. The van der Waals surface area contributed by atoms with E-state index in [1.807, 2.05) is 13.8 Å². The summed E-state index contributed by atoms with van der Waals surface area (Å²) in [6, 6.07) is 4.16. The van der Waals surface area contributed by atoms with Crippen molar-refractivity contribution in [1.29, 1.82) is 0 Å². The monoisotopic (exact) mass is 477 g/mol. The molecule has 2 amide bonds. The fourth-order valence-electron chi connectivity index (χ4n) is 3.02. The van der Waals surface area contributed by atoms with Gasteiger partial charge in [-0.3, -0.25) is 9.59 Å². The standard InChI is InChI=1S/C23H31N3O8/c1-5-23(4,11-24-20(33)12-6-14(27)18(31)15(28)7-12)25-10-22(2,3)26-21(34)13-8-16(29)19(32)17(30)9-13/h6-9,25,27-32H,5,10-11H2,1-4H3,(H,24,33)(H,26,34). The van der Waals surface area contributed by atoms with Crippen molar-refractivity contribution in [3.63, 3.8) is 0 Å². The highest BCUT2D eigenvalue weighted by Crippen LogP contribution is 2.36. The minimum atomic E-state index is -0.783. The molecule has 9 N–H and O–H groups in total. The van der Waals surface area contributed by atoms with Crippen LogP contribution in [0.2, 0.25) is 0 Å². The van der Waals surface area contributed by atoms with Crippen LogP contribution in [0.15, 0.2) is 24.3 Å². The predicted octanol–water partition coefficient (Wildman–Crippen LogP) is 1.62. The maximum absolute atomic E-state index is 12.6. The van der Waals surface area contributed by atoms with Gasteiger partial charge in [0.2, 0.25) is 0 Å². The van der Waals surface area contributed by atoms with Crippen molar-refractivity contribution in [2.45, 2.75) is 45.2 Å². The number of hydrogen-bond acceptors (Lipinski definition) is 9. The topological polar surface area (TPSA) is 192 Å². The van der Waals surface area contributed by atoms with Gasteiger partial charge in [0.1, 0.15) is 0 Å². The first-order valence-electron chi connectivity index (χ1n) is 10.5. The molecule has 2 aromatic carbocycles. The second-order valence-corrected chi connectivity index (χ2v) is 9.01. The fourth-order valence-corrected chi connectivity index (χ4v) is 3.02. The van der Waals surface area contributed by atoms with Gasteiger partial charge >= 0.3 is 0 Å². The number of rotatable bonds is 9. The quantitative estimate of drug-likeness (QED) is 0.241. The second kappa shape index (κ2) is 9.96. The van der Waals surface area contributed by atoms with E-state index in [1.54, 1.807) is 13.8 Å². The van der Waals surface area contributed by atoms with Crippen LogP contribution in [-0.4, -0.2) is 66.6 Å². The molecule has 0 radical (unpaired) electrons. The Morgan fingerprint density at radius 1 is 0.735 bits per heavy atom. The van der Waals surface area contributed by atoms with Crippen molar-refractivity contribution >= 4 is 11.8 Å². The molecule has 0 heterocycles. The Morgan fingerprint density at radius 2 is 1.15 bits per heavy atom. The molecule has 1 unspecified atom stereocenters. The Balaban J connectivity index is 2.00. The Morgan fingerprint density at radius 3 is 1.56 bits per heavy atom. The lowest BCUT2D eigenvalue weighted by Gasteiger charge is -2.35. The maximum Gasteiger partial charge on any atom is 0.252 e. The normalized spacial score (nSPS) is 13.2. The third-order valence-corrected chi connectivity index (χ3v) is 5.49. The van der Waals surface area contributed by atoms with Gasteiger partial charge in [0.05, 0.1) is 0 Å². The predicted molar refractivity (Wildman–Crippen MR) is 123 cm³/mol. The van der Waals surface area contributed by atoms with Crippen molar-refractivity contribution in [3.8, 4) is 34.5 Å². The van der Waals surface area contributed by atoms with E-state index in [1.165, 1.54) is 0 Å². The highest BCUT2D eigenvalue weighted by Gasteiger charge is 2.28. The second-order valence-electron chi connectivity index (χ2n) is 9.01. The minimum absolute atomic E-state index is 0.0285.